The molecule has 1 aromatic heterocycles. The van der Waals surface area contributed by atoms with Gasteiger partial charge in [-0.2, -0.15) is 5.10 Å². The van der Waals surface area contributed by atoms with E-state index in [1.807, 2.05) is 23.7 Å². The molecule has 2 aliphatic rings. The van der Waals surface area contributed by atoms with Crippen molar-refractivity contribution >= 4 is 27.4 Å². The maximum absolute atomic E-state index is 13.1. The Labute approximate surface area is 186 Å². The van der Waals surface area contributed by atoms with E-state index >= 15 is 0 Å². The van der Waals surface area contributed by atoms with Gasteiger partial charge >= 0.3 is 0 Å². The van der Waals surface area contributed by atoms with Crippen LogP contribution in [0.15, 0.2) is 41.8 Å². The van der Waals surface area contributed by atoms with Crippen LogP contribution in [0.5, 0.6) is 5.75 Å². The molecule has 32 heavy (non-hydrogen) atoms. The van der Waals surface area contributed by atoms with Gasteiger partial charge in [-0.3, -0.25) is 9.59 Å². The van der Waals surface area contributed by atoms with Crippen LogP contribution in [0.2, 0.25) is 0 Å². The summed E-state index contributed by atoms with van der Waals surface area (Å²) in [7, 11) is 0.231. The molecule has 0 bridgehead atoms. The van der Waals surface area contributed by atoms with Gasteiger partial charge in [-0.15, -0.1) is 0 Å². The van der Waals surface area contributed by atoms with Crippen molar-refractivity contribution in [3.05, 3.63) is 48.0 Å². The fraction of sp³-hybridized carbons (Fsp3) is 0.429. The first-order chi connectivity index (χ1) is 15.3. The van der Waals surface area contributed by atoms with Gasteiger partial charge in [0.15, 0.2) is 9.84 Å². The fourth-order valence-corrected chi connectivity index (χ4v) is 5.64. The topological polar surface area (TPSA) is 123 Å². The summed E-state index contributed by atoms with van der Waals surface area (Å²) in [6.07, 6.45) is 4.07. The molecule has 0 saturated carbocycles. The SMILES string of the molecule is COc1ccc([C@@H](NC(=O)C2=NN([C@@H]3CCS(=O)(=O)C3)C(=O)CC2)c2nccn2C)cc1. The number of aryl methyl sites for hydroxylation is 1. The Morgan fingerprint density at radius 2 is 2.00 bits per heavy atom. The number of rotatable bonds is 6. The summed E-state index contributed by atoms with van der Waals surface area (Å²) in [5, 5.41) is 8.43. The maximum atomic E-state index is 13.1. The first-order valence-corrected chi connectivity index (χ1v) is 12.1. The van der Waals surface area contributed by atoms with E-state index in [-0.39, 0.29) is 36.0 Å². The summed E-state index contributed by atoms with van der Waals surface area (Å²) in [4.78, 5) is 29.9. The first-order valence-electron chi connectivity index (χ1n) is 10.3. The van der Waals surface area contributed by atoms with Gasteiger partial charge in [-0.05, 0) is 24.1 Å². The van der Waals surface area contributed by atoms with Crippen LogP contribution in [0, 0.1) is 0 Å². The van der Waals surface area contributed by atoms with Gasteiger partial charge in [0.2, 0.25) is 5.91 Å². The van der Waals surface area contributed by atoms with Crippen LogP contribution in [-0.2, 0) is 26.5 Å². The standard InChI is InChI=1S/C21H25N5O5S/c1-25-11-10-22-20(25)19(14-3-5-16(31-2)6-4-14)23-21(28)17-7-8-18(27)26(24-17)15-9-12-32(29,30)13-15/h3-6,10-11,15,19H,7-9,12-13H2,1-2H3,(H,23,28)/t15-,19-/m1/s1. The second-order valence-electron chi connectivity index (χ2n) is 7.92. The lowest BCUT2D eigenvalue weighted by Gasteiger charge is -2.28. The van der Waals surface area contributed by atoms with Gasteiger partial charge in [0.1, 0.15) is 23.3 Å². The largest absolute Gasteiger partial charge is 0.497 e. The van der Waals surface area contributed by atoms with E-state index in [2.05, 4.69) is 15.4 Å². The monoisotopic (exact) mass is 459 g/mol. The molecule has 0 aliphatic carbocycles. The van der Waals surface area contributed by atoms with Gasteiger partial charge in [-0.1, -0.05) is 12.1 Å². The lowest BCUT2D eigenvalue weighted by molar-refractivity contribution is -0.133. The number of hydrogen-bond donors (Lipinski definition) is 1. The van der Waals surface area contributed by atoms with Gasteiger partial charge in [0, 0.05) is 32.3 Å². The fourth-order valence-electron chi connectivity index (χ4n) is 3.95. The average Bonchev–Trinajstić information content (AvgIpc) is 3.37. The van der Waals surface area contributed by atoms with Crippen molar-refractivity contribution in [1.82, 2.24) is 19.9 Å². The third-order valence-corrected chi connectivity index (χ3v) is 7.47. The molecule has 1 aromatic carbocycles. The van der Waals surface area contributed by atoms with Crippen LogP contribution in [0.3, 0.4) is 0 Å². The molecule has 1 fully saturated rings. The minimum absolute atomic E-state index is 0.0250. The number of hydrazone groups is 1. The van der Waals surface area contributed by atoms with Crippen LogP contribution in [0.4, 0.5) is 0 Å². The van der Waals surface area contributed by atoms with Crippen molar-refractivity contribution < 1.29 is 22.7 Å². The van der Waals surface area contributed by atoms with E-state index in [1.165, 1.54) is 5.01 Å². The highest BCUT2D eigenvalue weighted by molar-refractivity contribution is 7.91. The lowest BCUT2D eigenvalue weighted by atomic mass is 10.0. The quantitative estimate of drug-likeness (QED) is 0.682. The number of carbonyl (C=O) groups excluding carboxylic acids is 2. The van der Waals surface area contributed by atoms with Crippen LogP contribution in [0.25, 0.3) is 0 Å². The highest BCUT2D eigenvalue weighted by atomic mass is 32.2. The van der Waals surface area contributed by atoms with Crippen molar-refractivity contribution in [1.29, 1.82) is 0 Å². The second kappa shape index (κ2) is 8.73. The minimum Gasteiger partial charge on any atom is -0.497 e. The van der Waals surface area contributed by atoms with Crippen molar-refractivity contribution in [3.63, 3.8) is 0 Å². The van der Waals surface area contributed by atoms with Crippen molar-refractivity contribution in [2.45, 2.75) is 31.3 Å². The first kappa shape index (κ1) is 22.0. The molecule has 170 valence electrons. The third kappa shape index (κ3) is 4.52. The molecule has 10 nitrogen and oxygen atoms in total. The summed E-state index contributed by atoms with van der Waals surface area (Å²) in [5.41, 5.74) is 1.00. The molecule has 11 heteroatoms. The number of amides is 2. The molecule has 1 saturated heterocycles. The Kier molecular flexibility index (Phi) is 6.00. The van der Waals surface area contributed by atoms with E-state index in [4.69, 9.17) is 4.74 Å². The molecule has 1 N–H and O–H groups in total. The van der Waals surface area contributed by atoms with Crippen molar-refractivity contribution in [2.24, 2.45) is 12.1 Å². The normalized spacial score (nSPS) is 21.2. The Bertz CT molecular complexity index is 1160. The van der Waals surface area contributed by atoms with Gasteiger partial charge in [-0.25, -0.2) is 18.4 Å². The van der Waals surface area contributed by atoms with Gasteiger partial charge < -0.3 is 14.6 Å². The average molecular weight is 460 g/mol. The number of imidazole rings is 1. The van der Waals surface area contributed by atoms with Crippen LogP contribution in [0.1, 0.15) is 36.7 Å². The number of benzene rings is 1. The van der Waals surface area contributed by atoms with E-state index in [0.717, 1.165) is 5.56 Å². The van der Waals surface area contributed by atoms with E-state index < -0.39 is 27.8 Å². The number of nitrogens with zero attached hydrogens (tertiary/aromatic N) is 4. The summed E-state index contributed by atoms with van der Waals surface area (Å²) in [6, 6.07) is 6.23. The molecule has 0 spiro atoms. The van der Waals surface area contributed by atoms with E-state index in [1.54, 1.807) is 31.6 Å². The minimum atomic E-state index is -3.19. The van der Waals surface area contributed by atoms with Gasteiger partial charge in [0.05, 0.1) is 24.7 Å². The number of nitrogens with one attached hydrogen (secondary N) is 1. The number of hydrogen-bond acceptors (Lipinski definition) is 7. The van der Waals surface area contributed by atoms with E-state index in [9.17, 15) is 18.0 Å². The molecule has 3 heterocycles. The summed E-state index contributed by atoms with van der Waals surface area (Å²) < 4.78 is 30.7. The number of ether oxygens (including phenoxy) is 1. The molecule has 0 radical (unpaired) electrons. The maximum Gasteiger partial charge on any atom is 0.268 e. The highest BCUT2D eigenvalue weighted by Crippen LogP contribution is 2.25. The predicted molar refractivity (Wildman–Crippen MR) is 117 cm³/mol. The molecule has 4 rings (SSSR count). The molecule has 0 unspecified atom stereocenters. The predicted octanol–water partition coefficient (Wildman–Crippen LogP) is 0.800. The number of aromatic nitrogens is 2. The zero-order valence-corrected chi connectivity index (χ0v) is 18.7. The third-order valence-electron chi connectivity index (χ3n) is 5.72. The van der Waals surface area contributed by atoms with Crippen molar-refractivity contribution in [2.75, 3.05) is 18.6 Å². The Morgan fingerprint density at radius 3 is 2.59 bits per heavy atom. The molecular formula is C21H25N5O5S. The number of methoxy groups -OCH3 is 1. The van der Waals surface area contributed by atoms with Crippen LogP contribution >= 0.6 is 0 Å². The molecule has 2 amide bonds. The Balaban J connectivity index is 1.59. The van der Waals surface area contributed by atoms with Crippen molar-refractivity contribution in [3.8, 4) is 5.75 Å². The zero-order valence-electron chi connectivity index (χ0n) is 17.9. The number of sulfone groups is 1. The molecule has 2 aromatic rings. The highest BCUT2D eigenvalue weighted by Gasteiger charge is 2.37. The Hall–Kier alpha value is -3.21. The molecular weight excluding hydrogens is 434 g/mol. The smallest absolute Gasteiger partial charge is 0.268 e. The second-order valence-corrected chi connectivity index (χ2v) is 10.1. The summed E-state index contributed by atoms with van der Waals surface area (Å²) in [5.74, 6) is 0.535. The van der Waals surface area contributed by atoms with Crippen LogP contribution < -0.4 is 10.1 Å². The Morgan fingerprint density at radius 1 is 1.25 bits per heavy atom. The molecule has 2 aliphatic heterocycles. The zero-order chi connectivity index (χ0) is 22.9. The molecule has 2 atom stereocenters. The van der Waals surface area contributed by atoms with Gasteiger partial charge in [0.25, 0.3) is 5.91 Å². The number of carbonyl (C=O) groups is 2. The summed E-state index contributed by atoms with van der Waals surface area (Å²) >= 11 is 0. The summed E-state index contributed by atoms with van der Waals surface area (Å²) in [6.45, 7) is 0. The van der Waals surface area contributed by atoms with Crippen LogP contribution in [-0.4, -0.2) is 65.2 Å². The lowest BCUT2D eigenvalue weighted by Crippen LogP contribution is -2.44. The van der Waals surface area contributed by atoms with E-state index in [0.29, 0.717) is 18.0 Å².